The summed E-state index contributed by atoms with van der Waals surface area (Å²) in [4.78, 5) is 9.01. The number of fused-ring (bicyclic) bond motifs is 1. The third kappa shape index (κ3) is 3.31. The fourth-order valence-corrected chi connectivity index (χ4v) is 2.85. The molecule has 0 bridgehead atoms. The van der Waals surface area contributed by atoms with E-state index in [1.165, 1.54) is 12.1 Å². The Morgan fingerprint density at radius 3 is 2.63 bits per heavy atom. The fraction of sp³-hybridized carbons (Fsp3) is 0.263. The monoisotopic (exact) mass is 367 g/mol. The zero-order valence-corrected chi connectivity index (χ0v) is 15.2. The highest BCUT2D eigenvalue weighted by atomic mass is 19.1. The van der Waals surface area contributed by atoms with Crippen LogP contribution in [0.15, 0.2) is 39.4 Å². The SMILES string of the molecule is CNC(C)Cc1noc(-c2cc(-c3ccc(F)cc3)nc3onc(C)c23)n1. The number of aryl methyl sites for hydroxylation is 1. The van der Waals surface area contributed by atoms with Crippen LogP contribution >= 0.6 is 0 Å². The third-order valence-electron chi connectivity index (χ3n) is 4.44. The van der Waals surface area contributed by atoms with E-state index in [-0.39, 0.29) is 11.9 Å². The molecule has 138 valence electrons. The lowest BCUT2D eigenvalue weighted by atomic mass is 10.1. The zero-order valence-electron chi connectivity index (χ0n) is 15.2. The van der Waals surface area contributed by atoms with E-state index < -0.39 is 0 Å². The second-order valence-electron chi connectivity index (χ2n) is 6.42. The highest BCUT2D eigenvalue weighted by Crippen LogP contribution is 2.33. The Morgan fingerprint density at radius 1 is 1.11 bits per heavy atom. The predicted octanol–water partition coefficient (Wildman–Crippen LogP) is 3.54. The molecule has 0 aliphatic carbocycles. The number of likely N-dealkylation sites (N-methyl/N-ethyl adjacent to an activating group) is 1. The van der Waals surface area contributed by atoms with Crippen LogP contribution in [0.5, 0.6) is 0 Å². The first-order chi connectivity index (χ1) is 13.0. The number of aromatic nitrogens is 4. The van der Waals surface area contributed by atoms with Gasteiger partial charge in [-0.05, 0) is 51.2 Å². The van der Waals surface area contributed by atoms with E-state index in [4.69, 9.17) is 9.05 Å². The van der Waals surface area contributed by atoms with Gasteiger partial charge in [-0.2, -0.15) is 4.98 Å². The van der Waals surface area contributed by atoms with Crippen LogP contribution in [-0.2, 0) is 6.42 Å². The molecule has 3 aromatic heterocycles. The summed E-state index contributed by atoms with van der Waals surface area (Å²) >= 11 is 0. The number of rotatable bonds is 5. The maximum atomic E-state index is 13.3. The van der Waals surface area contributed by atoms with Gasteiger partial charge in [0, 0.05) is 18.0 Å². The Labute approximate surface area is 154 Å². The van der Waals surface area contributed by atoms with E-state index in [9.17, 15) is 4.39 Å². The smallest absolute Gasteiger partial charge is 0.259 e. The minimum absolute atomic E-state index is 0.222. The summed E-state index contributed by atoms with van der Waals surface area (Å²) < 4.78 is 24.1. The summed E-state index contributed by atoms with van der Waals surface area (Å²) in [7, 11) is 1.88. The highest BCUT2D eigenvalue weighted by Gasteiger charge is 2.20. The van der Waals surface area contributed by atoms with Crippen LogP contribution in [-0.4, -0.2) is 33.4 Å². The molecule has 0 aliphatic heterocycles. The van der Waals surface area contributed by atoms with E-state index >= 15 is 0 Å². The Hall–Kier alpha value is -3.13. The van der Waals surface area contributed by atoms with Crippen molar-refractivity contribution in [2.75, 3.05) is 7.05 Å². The first-order valence-corrected chi connectivity index (χ1v) is 8.58. The molecule has 7 nitrogen and oxygen atoms in total. The molecule has 0 spiro atoms. The second kappa shape index (κ2) is 6.88. The molecular weight excluding hydrogens is 349 g/mol. The van der Waals surface area contributed by atoms with Crippen molar-refractivity contribution in [2.24, 2.45) is 0 Å². The molecule has 3 heterocycles. The quantitative estimate of drug-likeness (QED) is 0.577. The number of halogens is 1. The van der Waals surface area contributed by atoms with E-state index in [2.05, 4.69) is 25.6 Å². The molecule has 1 N–H and O–H groups in total. The first-order valence-electron chi connectivity index (χ1n) is 8.58. The Morgan fingerprint density at radius 2 is 1.89 bits per heavy atom. The molecule has 4 rings (SSSR count). The van der Waals surface area contributed by atoms with Crippen molar-refractivity contribution < 1.29 is 13.4 Å². The molecule has 4 aromatic rings. The topological polar surface area (TPSA) is 89.9 Å². The Kier molecular flexibility index (Phi) is 4.41. The maximum Gasteiger partial charge on any atom is 0.259 e. The minimum atomic E-state index is -0.309. The van der Waals surface area contributed by atoms with Crippen LogP contribution in [0.2, 0.25) is 0 Å². The summed E-state index contributed by atoms with van der Waals surface area (Å²) in [5.74, 6) is 0.667. The van der Waals surface area contributed by atoms with Gasteiger partial charge in [0.1, 0.15) is 5.82 Å². The van der Waals surface area contributed by atoms with Crippen molar-refractivity contribution in [3.63, 3.8) is 0 Å². The first kappa shape index (κ1) is 17.3. The van der Waals surface area contributed by atoms with Gasteiger partial charge in [-0.15, -0.1) is 0 Å². The number of hydrogen-bond acceptors (Lipinski definition) is 7. The lowest BCUT2D eigenvalue weighted by Gasteiger charge is -2.05. The summed E-state index contributed by atoms with van der Waals surface area (Å²) in [6, 6.07) is 8.14. The van der Waals surface area contributed by atoms with E-state index in [1.807, 2.05) is 27.0 Å². The molecule has 27 heavy (non-hydrogen) atoms. The van der Waals surface area contributed by atoms with Gasteiger partial charge in [-0.3, -0.25) is 0 Å². The normalized spacial score (nSPS) is 12.6. The van der Waals surface area contributed by atoms with Crippen LogP contribution < -0.4 is 5.32 Å². The second-order valence-corrected chi connectivity index (χ2v) is 6.42. The Balaban J connectivity index is 1.83. The van der Waals surface area contributed by atoms with Crippen molar-refractivity contribution in [1.82, 2.24) is 25.6 Å². The summed E-state index contributed by atoms with van der Waals surface area (Å²) in [5, 5.41) is 11.9. The van der Waals surface area contributed by atoms with Gasteiger partial charge in [0.25, 0.3) is 11.6 Å². The van der Waals surface area contributed by atoms with Gasteiger partial charge in [-0.25, -0.2) is 9.37 Å². The molecule has 1 atom stereocenters. The highest BCUT2D eigenvalue weighted by molar-refractivity contribution is 5.93. The molecule has 0 fully saturated rings. The summed E-state index contributed by atoms with van der Waals surface area (Å²) in [5.41, 5.74) is 3.09. The molecule has 1 aromatic carbocycles. The molecule has 0 saturated heterocycles. The van der Waals surface area contributed by atoms with Gasteiger partial charge in [-0.1, -0.05) is 10.3 Å². The lowest BCUT2D eigenvalue weighted by molar-refractivity contribution is 0.418. The molecule has 0 radical (unpaired) electrons. The van der Waals surface area contributed by atoms with Crippen LogP contribution in [0, 0.1) is 12.7 Å². The van der Waals surface area contributed by atoms with Crippen molar-refractivity contribution >= 4 is 11.1 Å². The molecule has 8 heteroatoms. The maximum absolute atomic E-state index is 13.3. The van der Waals surface area contributed by atoms with Crippen LogP contribution in [0.3, 0.4) is 0 Å². The minimum Gasteiger partial charge on any atom is -0.335 e. The third-order valence-corrected chi connectivity index (χ3v) is 4.44. The number of nitrogens with zero attached hydrogens (tertiary/aromatic N) is 4. The van der Waals surface area contributed by atoms with E-state index in [1.54, 1.807) is 12.1 Å². The van der Waals surface area contributed by atoms with Gasteiger partial charge in [0.05, 0.1) is 22.3 Å². The average Bonchev–Trinajstić information content (AvgIpc) is 3.28. The van der Waals surface area contributed by atoms with Crippen LogP contribution in [0.4, 0.5) is 4.39 Å². The fourth-order valence-electron chi connectivity index (χ4n) is 2.85. The van der Waals surface area contributed by atoms with Crippen molar-refractivity contribution in [2.45, 2.75) is 26.3 Å². The van der Waals surface area contributed by atoms with Crippen molar-refractivity contribution in [3.05, 3.63) is 47.7 Å². The average molecular weight is 367 g/mol. The summed E-state index contributed by atoms with van der Waals surface area (Å²) in [6.07, 6.45) is 0.641. The number of nitrogens with one attached hydrogen (secondary N) is 1. The van der Waals surface area contributed by atoms with Gasteiger partial charge >= 0.3 is 0 Å². The van der Waals surface area contributed by atoms with Gasteiger partial charge in [0.2, 0.25) is 0 Å². The van der Waals surface area contributed by atoms with Crippen molar-refractivity contribution in [1.29, 1.82) is 0 Å². The largest absolute Gasteiger partial charge is 0.335 e. The lowest BCUT2D eigenvalue weighted by Crippen LogP contribution is -2.24. The van der Waals surface area contributed by atoms with Crippen LogP contribution in [0.1, 0.15) is 18.4 Å². The number of hydrogen-bond donors (Lipinski definition) is 1. The molecule has 0 aliphatic rings. The summed E-state index contributed by atoms with van der Waals surface area (Å²) in [6.45, 7) is 3.87. The van der Waals surface area contributed by atoms with Crippen molar-refractivity contribution in [3.8, 4) is 22.7 Å². The van der Waals surface area contributed by atoms with E-state index in [0.717, 1.165) is 10.9 Å². The molecule has 0 amide bonds. The van der Waals surface area contributed by atoms with Gasteiger partial charge in [0.15, 0.2) is 5.82 Å². The zero-order chi connectivity index (χ0) is 19.0. The molecular formula is C19H18FN5O2. The standard InChI is InChI=1S/C19H18FN5O2/c1-10(21-3)8-16-23-18(26-25-16)14-9-15(12-4-6-13(20)7-5-12)22-19-17(14)11(2)24-27-19/h4-7,9-10,21H,8H2,1-3H3. The molecule has 1 unspecified atom stereocenters. The van der Waals surface area contributed by atoms with Gasteiger partial charge < -0.3 is 14.4 Å². The van der Waals surface area contributed by atoms with E-state index in [0.29, 0.717) is 40.8 Å². The number of benzene rings is 1. The molecule has 0 saturated carbocycles. The van der Waals surface area contributed by atoms with Crippen LogP contribution in [0.25, 0.3) is 33.8 Å². The Bertz CT molecular complexity index is 1090. The number of pyridine rings is 1. The predicted molar refractivity (Wildman–Crippen MR) is 97.5 cm³/mol.